The first-order valence-electron chi connectivity index (χ1n) is 7.90. The molecule has 112 valence electrons. The number of piperidine rings is 1. The quantitative estimate of drug-likeness (QED) is 0.811. The van der Waals surface area contributed by atoms with Crippen molar-refractivity contribution in [2.24, 2.45) is 5.92 Å². The Kier molecular flexibility index (Phi) is 5.92. The average molecular weight is 276 g/mol. The number of rotatable bonds is 6. The first-order valence-corrected chi connectivity index (χ1v) is 7.90. The van der Waals surface area contributed by atoms with E-state index in [2.05, 4.69) is 34.0 Å². The minimum atomic E-state index is 0.282. The fraction of sp³-hybridized carbons (Fsp3) is 0.750. The molecule has 0 aromatic carbocycles. The first-order chi connectivity index (χ1) is 9.66. The zero-order chi connectivity index (χ0) is 14.4. The third kappa shape index (κ3) is 4.53. The van der Waals surface area contributed by atoms with Crippen molar-refractivity contribution in [2.75, 3.05) is 26.2 Å². The van der Waals surface area contributed by atoms with Gasteiger partial charge in [0.1, 0.15) is 0 Å². The Morgan fingerprint density at radius 1 is 1.30 bits per heavy atom. The molecule has 4 heteroatoms. The van der Waals surface area contributed by atoms with E-state index < -0.39 is 0 Å². The van der Waals surface area contributed by atoms with Crippen LogP contribution in [-0.4, -0.2) is 41.0 Å². The normalized spacial score (nSPS) is 19.1. The van der Waals surface area contributed by atoms with Gasteiger partial charge in [0, 0.05) is 18.4 Å². The molecule has 1 aliphatic rings. The molecule has 0 aliphatic carbocycles. The molecule has 20 heavy (non-hydrogen) atoms. The molecule has 1 saturated heterocycles. The number of likely N-dealkylation sites (tertiary alicyclic amines) is 1. The molecule has 1 fully saturated rings. The van der Waals surface area contributed by atoms with Gasteiger partial charge in [0.2, 0.25) is 0 Å². The zero-order valence-corrected chi connectivity index (χ0v) is 13.1. The monoisotopic (exact) mass is 276 g/mol. The van der Waals surface area contributed by atoms with E-state index in [0.29, 0.717) is 0 Å². The van der Waals surface area contributed by atoms with Crippen LogP contribution < -0.4 is 5.32 Å². The third-order valence-electron chi connectivity index (χ3n) is 4.31. The highest BCUT2D eigenvalue weighted by molar-refractivity contribution is 5.12. The van der Waals surface area contributed by atoms with Crippen LogP contribution in [-0.2, 0) is 0 Å². The molecule has 1 aromatic heterocycles. The highest BCUT2D eigenvalue weighted by Crippen LogP contribution is 2.16. The van der Waals surface area contributed by atoms with Gasteiger partial charge in [0.05, 0.1) is 11.4 Å². The predicted octanol–water partition coefficient (Wildman–Crippen LogP) is 2.56. The average Bonchev–Trinajstić information content (AvgIpc) is 2.46. The van der Waals surface area contributed by atoms with Crippen molar-refractivity contribution >= 4 is 0 Å². The standard InChI is InChI=1S/C16H28N4/c1-13-5-11-20(12-6-13)10-4-7-17-14(2)16-15(3)18-8-9-19-16/h8-9,13-14,17H,4-7,10-12H2,1-3H3. The van der Waals surface area contributed by atoms with E-state index in [0.717, 1.165) is 23.9 Å². The molecule has 1 aliphatic heterocycles. The Morgan fingerprint density at radius 3 is 2.70 bits per heavy atom. The molecule has 0 saturated carbocycles. The number of nitrogens with one attached hydrogen (secondary N) is 1. The molecule has 1 N–H and O–H groups in total. The van der Waals surface area contributed by atoms with Gasteiger partial charge < -0.3 is 10.2 Å². The second kappa shape index (κ2) is 7.70. The van der Waals surface area contributed by atoms with Crippen molar-refractivity contribution in [1.29, 1.82) is 0 Å². The number of hydrogen-bond donors (Lipinski definition) is 1. The highest BCUT2D eigenvalue weighted by Gasteiger charge is 2.15. The van der Waals surface area contributed by atoms with Crippen LogP contribution in [0.3, 0.4) is 0 Å². The fourth-order valence-electron chi connectivity index (χ4n) is 2.85. The molecule has 0 spiro atoms. The molecular weight excluding hydrogens is 248 g/mol. The van der Waals surface area contributed by atoms with Gasteiger partial charge in [0.25, 0.3) is 0 Å². The Balaban J connectivity index is 1.65. The van der Waals surface area contributed by atoms with Crippen LogP contribution in [0.4, 0.5) is 0 Å². The van der Waals surface area contributed by atoms with Crippen molar-refractivity contribution in [2.45, 2.75) is 46.1 Å². The fourth-order valence-corrected chi connectivity index (χ4v) is 2.85. The van der Waals surface area contributed by atoms with Gasteiger partial charge in [-0.25, -0.2) is 0 Å². The maximum absolute atomic E-state index is 4.42. The van der Waals surface area contributed by atoms with Crippen molar-refractivity contribution in [1.82, 2.24) is 20.2 Å². The summed E-state index contributed by atoms with van der Waals surface area (Å²) in [6.45, 7) is 11.4. The number of aromatic nitrogens is 2. The van der Waals surface area contributed by atoms with Crippen LogP contribution in [0, 0.1) is 12.8 Å². The maximum atomic E-state index is 4.42. The molecule has 1 atom stereocenters. The van der Waals surface area contributed by atoms with Gasteiger partial charge in [-0.3, -0.25) is 9.97 Å². The summed E-state index contributed by atoms with van der Waals surface area (Å²) in [4.78, 5) is 11.3. The molecule has 2 heterocycles. The first kappa shape index (κ1) is 15.4. The van der Waals surface area contributed by atoms with Gasteiger partial charge >= 0.3 is 0 Å². The van der Waals surface area contributed by atoms with E-state index in [1.54, 1.807) is 12.4 Å². The third-order valence-corrected chi connectivity index (χ3v) is 4.31. The van der Waals surface area contributed by atoms with Crippen LogP contribution in [0.1, 0.15) is 50.5 Å². The van der Waals surface area contributed by atoms with E-state index in [-0.39, 0.29) is 6.04 Å². The van der Waals surface area contributed by atoms with E-state index in [1.165, 1.54) is 38.9 Å². The van der Waals surface area contributed by atoms with Crippen LogP contribution in [0.25, 0.3) is 0 Å². The predicted molar refractivity (Wildman–Crippen MR) is 82.6 cm³/mol. The van der Waals surface area contributed by atoms with Crippen LogP contribution in [0.2, 0.25) is 0 Å². The summed E-state index contributed by atoms with van der Waals surface area (Å²) in [5.74, 6) is 0.920. The van der Waals surface area contributed by atoms with Crippen molar-refractivity contribution in [3.8, 4) is 0 Å². The van der Waals surface area contributed by atoms with Gasteiger partial charge in [0.15, 0.2) is 0 Å². The lowest BCUT2D eigenvalue weighted by atomic mass is 9.99. The molecule has 2 rings (SSSR count). The minimum absolute atomic E-state index is 0.282. The molecule has 4 nitrogen and oxygen atoms in total. The molecule has 1 unspecified atom stereocenters. The molecule has 0 amide bonds. The molecule has 0 radical (unpaired) electrons. The Bertz CT molecular complexity index is 399. The SMILES string of the molecule is Cc1nccnc1C(C)NCCCN1CCC(C)CC1. The number of aryl methyl sites for hydroxylation is 1. The van der Waals surface area contributed by atoms with Crippen LogP contribution in [0.5, 0.6) is 0 Å². The van der Waals surface area contributed by atoms with Crippen molar-refractivity contribution in [3.05, 3.63) is 23.8 Å². The Labute approximate surface area is 123 Å². The van der Waals surface area contributed by atoms with Crippen molar-refractivity contribution in [3.63, 3.8) is 0 Å². The Hall–Kier alpha value is -1.00. The molecule has 1 aromatic rings. The summed E-state index contributed by atoms with van der Waals surface area (Å²) >= 11 is 0. The lowest BCUT2D eigenvalue weighted by Gasteiger charge is -2.30. The maximum Gasteiger partial charge on any atom is 0.0782 e. The van der Waals surface area contributed by atoms with Crippen LogP contribution >= 0.6 is 0 Å². The highest BCUT2D eigenvalue weighted by atomic mass is 15.1. The topological polar surface area (TPSA) is 41.1 Å². The largest absolute Gasteiger partial charge is 0.309 e. The van der Waals surface area contributed by atoms with E-state index >= 15 is 0 Å². The summed E-state index contributed by atoms with van der Waals surface area (Å²) in [6, 6.07) is 0.282. The number of nitrogens with zero attached hydrogens (tertiary/aromatic N) is 3. The summed E-state index contributed by atoms with van der Waals surface area (Å²) in [5.41, 5.74) is 2.09. The summed E-state index contributed by atoms with van der Waals surface area (Å²) in [5, 5.41) is 3.56. The lowest BCUT2D eigenvalue weighted by Crippen LogP contribution is -2.35. The smallest absolute Gasteiger partial charge is 0.0782 e. The second-order valence-corrected chi connectivity index (χ2v) is 6.08. The second-order valence-electron chi connectivity index (χ2n) is 6.08. The molecule has 0 bridgehead atoms. The van der Waals surface area contributed by atoms with Gasteiger partial charge in [-0.1, -0.05) is 6.92 Å². The van der Waals surface area contributed by atoms with E-state index in [1.807, 2.05) is 6.92 Å². The Morgan fingerprint density at radius 2 is 2.00 bits per heavy atom. The van der Waals surface area contributed by atoms with E-state index in [9.17, 15) is 0 Å². The van der Waals surface area contributed by atoms with Gasteiger partial charge in [-0.2, -0.15) is 0 Å². The van der Waals surface area contributed by atoms with Gasteiger partial charge in [-0.15, -0.1) is 0 Å². The summed E-state index contributed by atoms with van der Waals surface area (Å²) in [6.07, 6.45) is 7.46. The summed E-state index contributed by atoms with van der Waals surface area (Å²) < 4.78 is 0. The van der Waals surface area contributed by atoms with E-state index in [4.69, 9.17) is 0 Å². The lowest BCUT2D eigenvalue weighted by molar-refractivity contribution is 0.190. The number of hydrogen-bond acceptors (Lipinski definition) is 4. The minimum Gasteiger partial charge on any atom is -0.309 e. The summed E-state index contributed by atoms with van der Waals surface area (Å²) in [7, 11) is 0. The van der Waals surface area contributed by atoms with Crippen molar-refractivity contribution < 1.29 is 0 Å². The zero-order valence-electron chi connectivity index (χ0n) is 13.1. The van der Waals surface area contributed by atoms with Gasteiger partial charge in [-0.05, 0) is 65.2 Å². The molecular formula is C16H28N4. The van der Waals surface area contributed by atoms with Crippen LogP contribution in [0.15, 0.2) is 12.4 Å².